The molecule has 1 spiro atoms. The summed E-state index contributed by atoms with van der Waals surface area (Å²) in [6, 6.07) is 18.3. The van der Waals surface area contributed by atoms with E-state index in [1.54, 1.807) is 66.5 Å². The first kappa shape index (κ1) is 24.6. The molecule has 0 aromatic heterocycles. The van der Waals surface area contributed by atoms with Gasteiger partial charge in [0.15, 0.2) is 17.0 Å². The van der Waals surface area contributed by atoms with Gasteiger partial charge in [-0.1, -0.05) is 48.0 Å². The van der Waals surface area contributed by atoms with Crippen molar-refractivity contribution in [3.05, 3.63) is 98.1 Å². The standard InChI is InChI=1S/C27H23ClN4O5/c1-31-14-19(25(32(34)35)27(31)20-9-5-6-10-22(20)30-26(27)33)18-11-21(28)24(23(12-18)36-2)37-15-17-8-4-3-7-16(17)13-29/h3-12,19,25H,14-15H2,1-2H3,(H,30,33)/t19-,25-,27+/m0/s1. The Hall–Kier alpha value is -4.13. The number of hydrogen-bond acceptors (Lipinski definition) is 7. The van der Waals surface area contributed by atoms with Crippen molar-refractivity contribution >= 4 is 23.2 Å². The Morgan fingerprint density at radius 2 is 1.97 bits per heavy atom. The van der Waals surface area contributed by atoms with Gasteiger partial charge in [-0.05, 0) is 36.9 Å². The number of likely N-dealkylation sites (tertiary alicyclic amines) is 1. The molecule has 1 fully saturated rings. The number of nitrogens with one attached hydrogen (secondary N) is 1. The average molecular weight is 519 g/mol. The number of nitriles is 1. The number of halogens is 1. The van der Waals surface area contributed by atoms with Crippen LogP contribution in [-0.2, 0) is 16.9 Å². The van der Waals surface area contributed by atoms with Crippen LogP contribution in [0.25, 0.3) is 0 Å². The van der Waals surface area contributed by atoms with E-state index in [-0.39, 0.29) is 28.8 Å². The van der Waals surface area contributed by atoms with Crippen LogP contribution in [0, 0.1) is 21.4 Å². The van der Waals surface area contributed by atoms with Crippen LogP contribution in [0.2, 0.25) is 5.02 Å². The molecular weight excluding hydrogens is 496 g/mol. The fourth-order valence-electron chi connectivity index (χ4n) is 5.58. The van der Waals surface area contributed by atoms with Gasteiger partial charge in [-0.3, -0.25) is 19.8 Å². The summed E-state index contributed by atoms with van der Waals surface area (Å²) >= 11 is 6.62. The molecule has 188 valence electrons. The van der Waals surface area contributed by atoms with E-state index in [2.05, 4.69) is 11.4 Å². The number of ether oxygens (including phenoxy) is 2. The Kier molecular flexibility index (Phi) is 6.23. The maximum Gasteiger partial charge on any atom is 0.256 e. The molecular formula is C27H23ClN4O5. The van der Waals surface area contributed by atoms with Gasteiger partial charge in [0, 0.05) is 28.3 Å². The molecule has 5 rings (SSSR count). The molecule has 0 aliphatic carbocycles. The molecule has 2 heterocycles. The number of fused-ring (bicyclic) bond motifs is 2. The van der Waals surface area contributed by atoms with Crippen LogP contribution >= 0.6 is 11.6 Å². The number of nitro groups is 1. The summed E-state index contributed by atoms with van der Waals surface area (Å²) in [5.74, 6) is -0.506. The molecule has 0 radical (unpaired) electrons. The Bertz CT molecular complexity index is 1450. The topological polar surface area (TPSA) is 118 Å². The Labute approximate surface area is 218 Å². The predicted molar refractivity (Wildman–Crippen MR) is 136 cm³/mol. The van der Waals surface area contributed by atoms with Crippen LogP contribution in [0.1, 0.15) is 28.2 Å². The second-order valence-electron chi connectivity index (χ2n) is 9.08. The van der Waals surface area contributed by atoms with Crippen LogP contribution in [0.4, 0.5) is 5.69 Å². The molecule has 0 unspecified atom stereocenters. The summed E-state index contributed by atoms with van der Waals surface area (Å²) in [5.41, 5.74) is 1.43. The molecule has 2 aliphatic heterocycles. The van der Waals surface area contributed by atoms with Gasteiger partial charge in [-0.2, -0.15) is 5.26 Å². The van der Waals surface area contributed by atoms with Crippen molar-refractivity contribution in [1.29, 1.82) is 5.26 Å². The number of carbonyl (C=O) groups excluding carboxylic acids is 1. The zero-order valence-electron chi connectivity index (χ0n) is 20.1. The van der Waals surface area contributed by atoms with Crippen molar-refractivity contribution in [2.45, 2.75) is 24.1 Å². The van der Waals surface area contributed by atoms with Crippen LogP contribution in [-0.4, -0.2) is 42.5 Å². The molecule has 37 heavy (non-hydrogen) atoms. The maximum atomic E-state index is 13.3. The Morgan fingerprint density at radius 3 is 2.70 bits per heavy atom. The van der Waals surface area contributed by atoms with E-state index in [1.165, 1.54) is 7.11 Å². The van der Waals surface area contributed by atoms with Crippen molar-refractivity contribution in [2.24, 2.45) is 0 Å². The minimum atomic E-state index is -1.46. The maximum absolute atomic E-state index is 13.3. The second kappa shape index (κ2) is 9.39. The van der Waals surface area contributed by atoms with Gasteiger partial charge < -0.3 is 14.8 Å². The summed E-state index contributed by atoms with van der Waals surface area (Å²) in [6.45, 7) is 0.339. The van der Waals surface area contributed by atoms with E-state index in [0.29, 0.717) is 33.7 Å². The van der Waals surface area contributed by atoms with Crippen molar-refractivity contribution in [3.63, 3.8) is 0 Å². The first-order valence-electron chi connectivity index (χ1n) is 11.6. The lowest BCUT2D eigenvalue weighted by Crippen LogP contribution is -2.54. The van der Waals surface area contributed by atoms with E-state index < -0.39 is 23.4 Å². The highest BCUT2D eigenvalue weighted by Crippen LogP contribution is 2.53. The van der Waals surface area contributed by atoms with Crippen molar-refractivity contribution in [2.75, 3.05) is 26.0 Å². The molecule has 0 bridgehead atoms. The molecule has 3 aromatic rings. The van der Waals surface area contributed by atoms with Crippen LogP contribution < -0.4 is 14.8 Å². The number of methoxy groups -OCH3 is 1. The lowest BCUT2D eigenvalue weighted by Gasteiger charge is -2.30. The van der Waals surface area contributed by atoms with Crippen molar-refractivity contribution in [1.82, 2.24) is 4.90 Å². The number of nitrogens with zero attached hydrogens (tertiary/aromatic N) is 3. The molecule has 9 nitrogen and oxygen atoms in total. The van der Waals surface area contributed by atoms with E-state index in [4.69, 9.17) is 21.1 Å². The van der Waals surface area contributed by atoms with Crippen molar-refractivity contribution < 1.29 is 19.2 Å². The predicted octanol–water partition coefficient (Wildman–Crippen LogP) is 4.32. The molecule has 3 atom stereocenters. The zero-order valence-corrected chi connectivity index (χ0v) is 20.9. The van der Waals surface area contributed by atoms with E-state index in [1.807, 2.05) is 6.07 Å². The highest BCUT2D eigenvalue weighted by Gasteiger charge is 2.68. The summed E-state index contributed by atoms with van der Waals surface area (Å²) in [7, 11) is 3.18. The number of rotatable bonds is 6. The van der Waals surface area contributed by atoms with Gasteiger partial charge in [-0.15, -0.1) is 0 Å². The van der Waals surface area contributed by atoms with E-state index in [0.717, 1.165) is 0 Å². The van der Waals surface area contributed by atoms with Crippen LogP contribution in [0.15, 0.2) is 60.7 Å². The monoisotopic (exact) mass is 518 g/mol. The number of carbonyl (C=O) groups is 1. The lowest BCUT2D eigenvalue weighted by molar-refractivity contribution is -0.534. The van der Waals surface area contributed by atoms with E-state index in [9.17, 15) is 20.2 Å². The van der Waals surface area contributed by atoms with Crippen LogP contribution in [0.3, 0.4) is 0 Å². The summed E-state index contributed by atoms with van der Waals surface area (Å²) in [4.78, 5) is 27.3. The molecule has 3 aromatic carbocycles. The summed E-state index contributed by atoms with van der Waals surface area (Å²) in [5, 5.41) is 24.9. The number of likely N-dealkylation sites (N-methyl/N-ethyl adjacent to an activating group) is 1. The van der Waals surface area contributed by atoms with Gasteiger partial charge in [0.05, 0.1) is 29.7 Å². The lowest BCUT2D eigenvalue weighted by atomic mass is 9.79. The molecule has 1 N–H and O–H groups in total. The highest BCUT2D eigenvalue weighted by atomic mass is 35.5. The van der Waals surface area contributed by atoms with Gasteiger partial charge in [0.25, 0.3) is 11.9 Å². The normalized spacial score (nSPS) is 22.4. The molecule has 2 aliphatic rings. The summed E-state index contributed by atoms with van der Waals surface area (Å²) < 4.78 is 11.5. The smallest absolute Gasteiger partial charge is 0.256 e. The first-order valence-corrected chi connectivity index (χ1v) is 11.9. The number of amides is 1. The zero-order chi connectivity index (χ0) is 26.3. The molecule has 1 saturated heterocycles. The third-order valence-corrected chi connectivity index (χ3v) is 7.51. The fraction of sp³-hybridized carbons (Fsp3) is 0.259. The quantitative estimate of drug-likeness (QED) is 0.381. The van der Waals surface area contributed by atoms with Crippen LogP contribution in [0.5, 0.6) is 11.5 Å². The minimum Gasteiger partial charge on any atom is -0.493 e. The largest absolute Gasteiger partial charge is 0.493 e. The minimum absolute atomic E-state index is 0.0862. The average Bonchev–Trinajstić information content (AvgIpc) is 3.37. The van der Waals surface area contributed by atoms with Crippen molar-refractivity contribution in [3.8, 4) is 17.6 Å². The summed E-state index contributed by atoms with van der Waals surface area (Å²) in [6.07, 6.45) is 0. The Morgan fingerprint density at radius 1 is 1.24 bits per heavy atom. The van der Waals surface area contributed by atoms with Gasteiger partial charge in [0.1, 0.15) is 6.61 Å². The van der Waals surface area contributed by atoms with E-state index >= 15 is 0 Å². The molecule has 10 heteroatoms. The SMILES string of the molecule is COc1cc([C@@H]2CN(C)[C@@]3(C(=O)Nc4ccccc43)[C@H]2[N+](=O)[O-])cc(Cl)c1OCc1ccccc1C#N. The highest BCUT2D eigenvalue weighted by molar-refractivity contribution is 6.32. The van der Waals surface area contributed by atoms with Gasteiger partial charge in [-0.25, -0.2) is 0 Å². The van der Waals surface area contributed by atoms with Gasteiger partial charge >= 0.3 is 0 Å². The number of benzene rings is 3. The third-order valence-electron chi connectivity index (χ3n) is 7.23. The number of hydrogen-bond donors (Lipinski definition) is 1. The molecule has 0 saturated carbocycles. The Balaban J connectivity index is 1.53. The number of anilines is 1. The fourth-order valence-corrected chi connectivity index (χ4v) is 5.85. The first-order chi connectivity index (χ1) is 17.8. The third kappa shape index (κ3) is 3.77. The number of para-hydroxylation sites is 1. The van der Waals surface area contributed by atoms with Gasteiger partial charge in [0.2, 0.25) is 0 Å². The molecule has 1 amide bonds. The second-order valence-corrected chi connectivity index (χ2v) is 9.48.